The molecule has 1 aliphatic rings. The van der Waals surface area contributed by atoms with E-state index in [9.17, 15) is 0 Å². The lowest BCUT2D eigenvalue weighted by Crippen LogP contribution is -2.07. The van der Waals surface area contributed by atoms with E-state index in [4.69, 9.17) is 11.2 Å². The molecule has 0 amide bonds. The summed E-state index contributed by atoms with van der Waals surface area (Å²) in [4.78, 5) is 2.46. The molecule has 1 nitrogen and oxygen atoms in total. The molecule has 1 heterocycles. The molecule has 0 aliphatic carbocycles. The number of para-hydroxylation sites is 2. The Hall–Kier alpha value is -1.19. The van der Waals surface area contributed by atoms with Gasteiger partial charge >= 0.3 is 0 Å². The fraction of sp³-hybridized carbons (Fsp3) is 0. The van der Waals surface area contributed by atoms with Crippen LogP contribution in [0.5, 0.6) is 0 Å². The van der Waals surface area contributed by atoms with Crippen LogP contribution in [-0.4, -0.2) is 0 Å². The molecule has 0 fully saturated rings. The maximum Gasteiger partial charge on any atom is 0.0529 e. The van der Waals surface area contributed by atoms with Crippen molar-refractivity contribution in [3.63, 3.8) is 0 Å². The molecule has 0 saturated heterocycles. The average molecular weight is 231 g/mol. The molecule has 2 aromatic carbocycles. The van der Waals surface area contributed by atoms with Crippen LogP contribution in [0.2, 0.25) is 0 Å². The highest BCUT2D eigenvalue weighted by molar-refractivity contribution is 8.29. The molecular formula is C12H9NS2. The first-order valence-corrected chi connectivity index (χ1v) is 6.88. The highest BCUT2D eigenvalue weighted by atomic mass is 32.8. The van der Waals surface area contributed by atoms with Gasteiger partial charge in [0.05, 0.1) is 11.4 Å². The van der Waals surface area contributed by atoms with Crippen molar-refractivity contribution in [2.24, 2.45) is 0 Å². The van der Waals surface area contributed by atoms with Crippen LogP contribution in [0.25, 0.3) is 0 Å². The van der Waals surface area contributed by atoms with Gasteiger partial charge in [0.15, 0.2) is 0 Å². The van der Waals surface area contributed by atoms with Gasteiger partial charge in [0.25, 0.3) is 0 Å². The molecule has 3 rings (SSSR count). The summed E-state index contributed by atoms with van der Waals surface area (Å²) < 4.78 is 0. The maximum atomic E-state index is 5.59. The zero-order valence-electron chi connectivity index (χ0n) is 7.94. The van der Waals surface area contributed by atoms with Crippen LogP contribution in [0.3, 0.4) is 0 Å². The Labute approximate surface area is 95.7 Å². The summed E-state index contributed by atoms with van der Waals surface area (Å²) in [5.41, 5.74) is 2.30. The Kier molecular flexibility index (Phi) is 2.08. The average Bonchev–Trinajstić information content (AvgIpc) is 2.30. The summed E-state index contributed by atoms with van der Waals surface area (Å²) in [6.45, 7) is 0. The van der Waals surface area contributed by atoms with Crippen molar-refractivity contribution in [3.05, 3.63) is 48.5 Å². The Morgan fingerprint density at radius 3 is 1.80 bits per heavy atom. The lowest BCUT2D eigenvalue weighted by molar-refractivity contribution is 1.31. The SMILES string of the molecule is S=S1c2ccccc2Nc2ccccc21. The van der Waals surface area contributed by atoms with E-state index >= 15 is 0 Å². The van der Waals surface area contributed by atoms with Crippen LogP contribution >= 0.6 is 0 Å². The number of nitrogens with one attached hydrogen (secondary N) is 1. The van der Waals surface area contributed by atoms with E-state index in [1.54, 1.807) is 0 Å². The Morgan fingerprint density at radius 1 is 0.800 bits per heavy atom. The van der Waals surface area contributed by atoms with Gasteiger partial charge in [-0.1, -0.05) is 33.7 Å². The summed E-state index contributed by atoms with van der Waals surface area (Å²) >= 11 is 5.59. The molecule has 0 atom stereocenters. The Morgan fingerprint density at radius 2 is 1.27 bits per heavy atom. The number of hydrogen-bond donors (Lipinski definition) is 1. The molecule has 0 aromatic heterocycles. The lowest BCUT2D eigenvalue weighted by Gasteiger charge is -2.22. The highest BCUT2D eigenvalue weighted by Gasteiger charge is 2.17. The largest absolute Gasteiger partial charge is 0.354 e. The fourth-order valence-electron chi connectivity index (χ4n) is 1.73. The fourth-order valence-corrected chi connectivity index (χ4v) is 3.88. The van der Waals surface area contributed by atoms with E-state index in [0.717, 1.165) is 11.4 Å². The number of rotatable bonds is 0. The smallest absolute Gasteiger partial charge is 0.0529 e. The third-order valence-corrected chi connectivity index (χ3v) is 5.03. The van der Waals surface area contributed by atoms with Crippen molar-refractivity contribution in [2.45, 2.75) is 9.79 Å². The van der Waals surface area contributed by atoms with Crippen LogP contribution in [0, 0.1) is 0 Å². The van der Waals surface area contributed by atoms with Gasteiger partial charge in [0.1, 0.15) is 0 Å². The predicted molar refractivity (Wildman–Crippen MR) is 67.4 cm³/mol. The van der Waals surface area contributed by atoms with Crippen LogP contribution in [0.1, 0.15) is 0 Å². The molecule has 1 N–H and O–H groups in total. The van der Waals surface area contributed by atoms with Crippen molar-refractivity contribution in [1.82, 2.24) is 0 Å². The monoisotopic (exact) mass is 231 g/mol. The molecule has 15 heavy (non-hydrogen) atoms. The normalized spacial score (nSPS) is 13.9. The first-order chi connectivity index (χ1) is 7.36. The van der Waals surface area contributed by atoms with Crippen LogP contribution in [0.15, 0.2) is 58.3 Å². The molecule has 2 aromatic rings. The quantitative estimate of drug-likeness (QED) is 0.637. The van der Waals surface area contributed by atoms with Gasteiger partial charge < -0.3 is 5.32 Å². The van der Waals surface area contributed by atoms with Crippen LogP contribution in [0.4, 0.5) is 11.4 Å². The van der Waals surface area contributed by atoms with Crippen molar-refractivity contribution in [3.8, 4) is 0 Å². The molecule has 1 aliphatic heterocycles. The third-order valence-electron chi connectivity index (χ3n) is 2.44. The molecule has 0 spiro atoms. The van der Waals surface area contributed by atoms with Gasteiger partial charge in [-0.25, -0.2) is 0 Å². The second kappa shape index (κ2) is 3.43. The summed E-state index contributed by atoms with van der Waals surface area (Å²) in [5, 5.41) is 3.41. The van der Waals surface area contributed by atoms with Crippen molar-refractivity contribution in [1.29, 1.82) is 0 Å². The van der Waals surface area contributed by atoms with E-state index < -0.39 is 0 Å². The number of hydrogen-bond acceptors (Lipinski definition) is 2. The molecule has 74 valence electrons. The molecule has 3 heteroatoms. The minimum Gasteiger partial charge on any atom is -0.354 e. The molecule has 0 radical (unpaired) electrons. The maximum absolute atomic E-state index is 5.59. The second-order valence-electron chi connectivity index (χ2n) is 3.39. The predicted octanol–water partition coefficient (Wildman–Crippen LogP) is 3.24. The van der Waals surface area contributed by atoms with Gasteiger partial charge in [-0.2, -0.15) is 0 Å². The standard InChI is InChI=1S/C12H9NS2/c14-15-11-7-3-1-5-9(11)13-10-6-2-4-8-12(10)15/h1-8,13H. The van der Waals surface area contributed by atoms with Gasteiger partial charge in [0.2, 0.25) is 0 Å². The minimum atomic E-state index is -0.219. The summed E-state index contributed by atoms with van der Waals surface area (Å²) in [5.74, 6) is 0. The minimum absolute atomic E-state index is 0.219. The Balaban J connectivity index is 2.24. The van der Waals surface area contributed by atoms with Gasteiger partial charge in [-0.05, 0) is 35.5 Å². The zero-order chi connectivity index (χ0) is 10.3. The summed E-state index contributed by atoms with van der Waals surface area (Å²) in [6, 6.07) is 16.5. The number of benzene rings is 2. The first-order valence-electron chi connectivity index (χ1n) is 4.73. The van der Waals surface area contributed by atoms with Crippen LogP contribution in [-0.2, 0) is 20.6 Å². The van der Waals surface area contributed by atoms with E-state index in [2.05, 4.69) is 29.6 Å². The van der Waals surface area contributed by atoms with E-state index in [0.29, 0.717) is 0 Å². The van der Waals surface area contributed by atoms with Gasteiger partial charge in [-0.15, -0.1) is 0 Å². The van der Waals surface area contributed by atoms with E-state index in [-0.39, 0.29) is 9.45 Å². The molecule has 0 unspecified atom stereocenters. The van der Waals surface area contributed by atoms with Crippen molar-refractivity contribution in [2.75, 3.05) is 5.32 Å². The van der Waals surface area contributed by atoms with E-state index in [1.165, 1.54) is 9.79 Å². The first kappa shape index (κ1) is 9.07. The lowest BCUT2D eigenvalue weighted by atomic mass is 10.2. The van der Waals surface area contributed by atoms with Crippen molar-refractivity contribution >= 4 is 32.0 Å². The molecule has 0 bridgehead atoms. The van der Waals surface area contributed by atoms with Gasteiger partial charge in [-0.3, -0.25) is 0 Å². The summed E-state index contributed by atoms with van der Waals surface area (Å²) in [7, 11) is -0.219. The van der Waals surface area contributed by atoms with Crippen LogP contribution < -0.4 is 5.32 Å². The Bertz CT molecular complexity index is 501. The molecular weight excluding hydrogens is 222 g/mol. The molecule has 0 saturated carbocycles. The van der Waals surface area contributed by atoms with Crippen molar-refractivity contribution < 1.29 is 0 Å². The number of anilines is 2. The summed E-state index contributed by atoms with van der Waals surface area (Å²) in [6.07, 6.45) is 0. The number of fused-ring (bicyclic) bond motifs is 2. The zero-order valence-corrected chi connectivity index (χ0v) is 9.57. The second-order valence-corrected chi connectivity index (χ2v) is 5.80. The van der Waals surface area contributed by atoms with E-state index in [1.807, 2.05) is 24.3 Å². The van der Waals surface area contributed by atoms with Gasteiger partial charge in [0, 0.05) is 9.79 Å². The topological polar surface area (TPSA) is 12.0 Å². The highest BCUT2D eigenvalue weighted by Crippen LogP contribution is 2.36. The third kappa shape index (κ3) is 1.39.